The zero-order valence-corrected chi connectivity index (χ0v) is 10.9. The van der Waals surface area contributed by atoms with Crippen molar-refractivity contribution < 1.29 is 9.90 Å². The van der Waals surface area contributed by atoms with Gasteiger partial charge in [0.15, 0.2) is 0 Å². The zero-order valence-electron chi connectivity index (χ0n) is 9.35. The number of nitrogens with two attached hydrogens (primary N) is 1. The number of carboxylic acids is 1. The molecule has 3 N–H and O–H groups in total. The number of carbonyl (C=O) groups is 1. The van der Waals surface area contributed by atoms with Crippen LogP contribution in [0.4, 0.5) is 0 Å². The number of para-hydroxylation sites is 1. The lowest BCUT2D eigenvalue weighted by atomic mass is 10.1. The Morgan fingerprint density at radius 2 is 2.29 bits per heavy atom. The Kier molecular flexibility index (Phi) is 3.22. The number of fused-ring (bicyclic) bond motifs is 1. The number of rotatable bonds is 3. The lowest BCUT2D eigenvalue weighted by Crippen LogP contribution is -2.20. The van der Waals surface area contributed by atoms with Crippen molar-refractivity contribution in [3.05, 3.63) is 34.4 Å². The average molecular weight is 297 g/mol. The molecule has 0 aliphatic rings. The quantitative estimate of drug-likeness (QED) is 0.914. The van der Waals surface area contributed by atoms with Gasteiger partial charge in [-0.3, -0.25) is 4.79 Å². The molecule has 0 saturated carbocycles. The van der Waals surface area contributed by atoms with Gasteiger partial charge in [0.2, 0.25) is 0 Å². The second-order valence-corrected chi connectivity index (χ2v) is 4.68. The predicted molar refractivity (Wildman–Crippen MR) is 69.9 cm³/mol. The molecule has 90 valence electrons. The van der Waals surface area contributed by atoms with Gasteiger partial charge in [0.05, 0.1) is 5.52 Å². The third-order valence-corrected chi connectivity index (χ3v) is 3.46. The molecule has 2 aromatic rings. The first kappa shape index (κ1) is 12.1. The summed E-state index contributed by atoms with van der Waals surface area (Å²) >= 11 is 3.48. The number of aromatic nitrogens is 1. The van der Waals surface area contributed by atoms with Crippen LogP contribution in [0.3, 0.4) is 0 Å². The molecule has 17 heavy (non-hydrogen) atoms. The first-order chi connectivity index (χ1) is 8.06. The molecule has 1 atom stereocenters. The van der Waals surface area contributed by atoms with E-state index in [9.17, 15) is 4.79 Å². The molecule has 0 amide bonds. The maximum absolute atomic E-state index is 11.0. The van der Waals surface area contributed by atoms with Crippen LogP contribution < -0.4 is 5.73 Å². The molecule has 0 fully saturated rings. The summed E-state index contributed by atoms with van der Waals surface area (Å²) in [5.41, 5.74) is 7.33. The molecule has 5 heteroatoms. The zero-order chi connectivity index (χ0) is 12.6. The van der Waals surface area contributed by atoms with Crippen LogP contribution >= 0.6 is 15.9 Å². The molecule has 0 bridgehead atoms. The third-order valence-electron chi connectivity index (χ3n) is 2.82. The fourth-order valence-corrected chi connectivity index (χ4v) is 2.57. The maximum Gasteiger partial charge on any atom is 0.325 e. The number of benzene rings is 1. The molecule has 0 aliphatic heterocycles. The fourth-order valence-electron chi connectivity index (χ4n) is 1.97. The van der Waals surface area contributed by atoms with Crippen LogP contribution in [0.1, 0.15) is 18.5 Å². The van der Waals surface area contributed by atoms with Crippen LogP contribution in [0.5, 0.6) is 0 Å². The fraction of sp³-hybridized carbons (Fsp3) is 0.250. The molecule has 1 heterocycles. The van der Waals surface area contributed by atoms with E-state index in [1.807, 2.05) is 35.9 Å². The SMILES string of the molecule is CCn1cc(C(N)C(=O)O)c2cccc(Br)c21. The highest BCUT2D eigenvalue weighted by atomic mass is 79.9. The molecule has 1 aromatic carbocycles. The minimum atomic E-state index is -1.01. The summed E-state index contributed by atoms with van der Waals surface area (Å²) in [4.78, 5) is 11.0. The highest BCUT2D eigenvalue weighted by Crippen LogP contribution is 2.31. The highest BCUT2D eigenvalue weighted by Gasteiger charge is 2.20. The van der Waals surface area contributed by atoms with E-state index < -0.39 is 12.0 Å². The lowest BCUT2D eigenvalue weighted by molar-refractivity contribution is -0.138. The Morgan fingerprint density at radius 1 is 1.59 bits per heavy atom. The maximum atomic E-state index is 11.0. The highest BCUT2D eigenvalue weighted by molar-refractivity contribution is 9.10. The first-order valence-electron chi connectivity index (χ1n) is 5.32. The van der Waals surface area contributed by atoms with Gasteiger partial charge in [-0.15, -0.1) is 0 Å². The smallest absolute Gasteiger partial charge is 0.325 e. The largest absolute Gasteiger partial charge is 0.480 e. The van der Waals surface area contributed by atoms with Gasteiger partial charge in [-0.05, 0) is 28.9 Å². The van der Waals surface area contributed by atoms with E-state index in [0.717, 1.165) is 21.9 Å². The molecular formula is C12H13BrN2O2. The molecule has 0 saturated heterocycles. The topological polar surface area (TPSA) is 68.2 Å². The van der Waals surface area contributed by atoms with Crippen molar-refractivity contribution >= 4 is 32.8 Å². The number of halogens is 1. The first-order valence-corrected chi connectivity index (χ1v) is 6.11. The number of aliphatic carboxylic acids is 1. The third kappa shape index (κ3) is 1.96. The van der Waals surface area contributed by atoms with Gasteiger partial charge in [0.25, 0.3) is 0 Å². The van der Waals surface area contributed by atoms with Crippen LogP contribution in [0.15, 0.2) is 28.9 Å². The van der Waals surface area contributed by atoms with Gasteiger partial charge in [0, 0.05) is 28.2 Å². The van der Waals surface area contributed by atoms with E-state index in [4.69, 9.17) is 10.8 Å². The van der Waals surface area contributed by atoms with Crippen LogP contribution in [-0.2, 0) is 11.3 Å². The van der Waals surface area contributed by atoms with Gasteiger partial charge in [-0.2, -0.15) is 0 Å². The van der Waals surface area contributed by atoms with E-state index in [1.54, 1.807) is 0 Å². The van der Waals surface area contributed by atoms with Crippen LogP contribution in [0.25, 0.3) is 10.9 Å². The molecule has 0 aliphatic carbocycles. The summed E-state index contributed by atoms with van der Waals surface area (Å²) in [6, 6.07) is 4.72. The molecule has 0 radical (unpaired) electrons. The monoisotopic (exact) mass is 296 g/mol. The van der Waals surface area contributed by atoms with E-state index in [1.165, 1.54) is 0 Å². The Morgan fingerprint density at radius 3 is 2.88 bits per heavy atom. The molecule has 2 rings (SSSR count). The summed E-state index contributed by atoms with van der Waals surface area (Å²) in [6.07, 6.45) is 1.81. The van der Waals surface area contributed by atoms with E-state index >= 15 is 0 Å². The van der Waals surface area contributed by atoms with Gasteiger partial charge in [-0.1, -0.05) is 12.1 Å². The minimum absolute atomic E-state index is 0.649. The van der Waals surface area contributed by atoms with Gasteiger partial charge in [0.1, 0.15) is 6.04 Å². The second kappa shape index (κ2) is 4.50. The second-order valence-electron chi connectivity index (χ2n) is 3.82. The van der Waals surface area contributed by atoms with Crippen molar-refractivity contribution in [2.75, 3.05) is 0 Å². The number of aryl methyl sites for hydroxylation is 1. The van der Waals surface area contributed by atoms with E-state index in [0.29, 0.717) is 5.56 Å². The van der Waals surface area contributed by atoms with Gasteiger partial charge < -0.3 is 15.4 Å². The van der Waals surface area contributed by atoms with Crippen LogP contribution in [0, 0.1) is 0 Å². The summed E-state index contributed by atoms with van der Waals surface area (Å²) in [6.45, 7) is 2.78. The summed E-state index contributed by atoms with van der Waals surface area (Å²) < 4.78 is 2.94. The summed E-state index contributed by atoms with van der Waals surface area (Å²) in [5.74, 6) is -1.01. The standard InChI is InChI=1S/C12H13BrN2O2/c1-2-15-6-8(10(14)12(16)17)7-4-3-5-9(13)11(7)15/h3-6,10H,2,14H2,1H3,(H,16,17). The Labute approximate surface area is 107 Å². The van der Waals surface area contributed by atoms with Crippen molar-refractivity contribution in [3.8, 4) is 0 Å². The summed E-state index contributed by atoms with van der Waals surface area (Å²) in [7, 11) is 0. The number of hydrogen-bond acceptors (Lipinski definition) is 2. The molecule has 1 aromatic heterocycles. The van der Waals surface area contributed by atoms with Gasteiger partial charge >= 0.3 is 5.97 Å². The molecule has 4 nitrogen and oxygen atoms in total. The van der Waals surface area contributed by atoms with Crippen molar-refractivity contribution in [3.63, 3.8) is 0 Å². The predicted octanol–water partition coefficient (Wildman–Crippen LogP) is 2.51. The van der Waals surface area contributed by atoms with E-state index in [2.05, 4.69) is 15.9 Å². The van der Waals surface area contributed by atoms with Crippen LogP contribution in [-0.4, -0.2) is 15.6 Å². The van der Waals surface area contributed by atoms with Crippen molar-refractivity contribution in [2.45, 2.75) is 19.5 Å². The van der Waals surface area contributed by atoms with Crippen LogP contribution in [0.2, 0.25) is 0 Å². The summed E-state index contributed by atoms with van der Waals surface area (Å²) in [5, 5.41) is 9.89. The molecular weight excluding hydrogens is 284 g/mol. The molecule has 1 unspecified atom stereocenters. The van der Waals surface area contributed by atoms with Crippen molar-refractivity contribution in [1.29, 1.82) is 0 Å². The Bertz CT molecular complexity index is 577. The lowest BCUT2D eigenvalue weighted by Gasteiger charge is -2.04. The normalized spacial score (nSPS) is 12.9. The Balaban J connectivity index is 2.74. The molecule has 0 spiro atoms. The van der Waals surface area contributed by atoms with Crippen molar-refractivity contribution in [2.24, 2.45) is 5.73 Å². The Hall–Kier alpha value is -1.33. The number of hydrogen-bond donors (Lipinski definition) is 2. The average Bonchev–Trinajstić information content (AvgIpc) is 2.68. The number of nitrogens with zero attached hydrogens (tertiary/aromatic N) is 1. The minimum Gasteiger partial charge on any atom is -0.480 e. The van der Waals surface area contributed by atoms with Gasteiger partial charge in [-0.25, -0.2) is 0 Å². The van der Waals surface area contributed by atoms with E-state index in [-0.39, 0.29) is 0 Å². The van der Waals surface area contributed by atoms with Crippen molar-refractivity contribution in [1.82, 2.24) is 4.57 Å². The number of carboxylic acid groups (broad SMARTS) is 1.